The minimum Gasteiger partial charge on any atom is -0.339 e. The average Bonchev–Trinajstić information content (AvgIpc) is 2.97. The number of non-ortho nitro benzene ring substituents is 1. The molecule has 1 aliphatic rings. The smallest absolute Gasteiger partial charge is 0.269 e. The maximum absolute atomic E-state index is 13.0. The van der Waals surface area contributed by atoms with Crippen molar-refractivity contribution in [2.75, 3.05) is 17.8 Å². The third-order valence-electron chi connectivity index (χ3n) is 4.79. The molecule has 1 aliphatic heterocycles. The summed E-state index contributed by atoms with van der Waals surface area (Å²) in [5.41, 5.74) is 0.640. The van der Waals surface area contributed by atoms with Gasteiger partial charge < -0.3 is 4.90 Å². The van der Waals surface area contributed by atoms with Crippen molar-refractivity contribution in [3.8, 4) is 0 Å². The van der Waals surface area contributed by atoms with Crippen molar-refractivity contribution in [1.29, 1.82) is 0 Å². The number of para-hydroxylation sites is 1. The van der Waals surface area contributed by atoms with Gasteiger partial charge in [0.15, 0.2) is 0 Å². The van der Waals surface area contributed by atoms with Crippen LogP contribution in [-0.2, 0) is 15.8 Å². The van der Waals surface area contributed by atoms with Crippen LogP contribution in [0.5, 0.6) is 0 Å². The van der Waals surface area contributed by atoms with Crippen LogP contribution in [0.25, 0.3) is 0 Å². The number of nitrogens with zero attached hydrogens (tertiary/aromatic N) is 2. The summed E-state index contributed by atoms with van der Waals surface area (Å²) in [4.78, 5) is 25.0. The number of nitrogens with one attached hydrogen (secondary N) is 1. The van der Waals surface area contributed by atoms with E-state index in [1.54, 1.807) is 29.2 Å². The Hall–Kier alpha value is -2.94. The molecule has 0 saturated carbocycles. The van der Waals surface area contributed by atoms with E-state index in [0.29, 0.717) is 24.2 Å². The highest BCUT2D eigenvalue weighted by Crippen LogP contribution is 2.22. The zero-order valence-electron chi connectivity index (χ0n) is 15.9. The predicted octanol–water partition coefficient (Wildman–Crippen LogP) is 3.55. The van der Waals surface area contributed by atoms with Crippen LogP contribution >= 0.6 is 0 Å². The summed E-state index contributed by atoms with van der Waals surface area (Å²) < 4.78 is 27.8. The molecule has 1 saturated heterocycles. The second kappa shape index (κ2) is 9.04. The topological polar surface area (TPSA) is 110 Å². The average molecular weight is 417 g/mol. The summed E-state index contributed by atoms with van der Waals surface area (Å²) >= 11 is 0. The third kappa shape index (κ3) is 5.54. The van der Waals surface area contributed by atoms with Gasteiger partial charge in [-0.2, -0.15) is 0 Å². The molecule has 3 rings (SSSR count). The first-order valence-corrected chi connectivity index (χ1v) is 11.1. The lowest BCUT2D eigenvalue weighted by Gasteiger charge is -2.22. The Balaban J connectivity index is 1.80. The Morgan fingerprint density at radius 2 is 1.72 bits per heavy atom. The molecule has 9 heteroatoms. The van der Waals surface area contributed by atoms with Gasteiger partial charge in [-0.15, -0.1) is 0 Å². The van der Waals surface area contributed by atoms with E-state index in [-0.39, 0.29) is 17.3 Å². The van der Waals surface area contributed by atoms with Crippen molar-refractivity contribution in [3.05, 3.63) is 69.8 Å². The van der Waals surface area contributed by atoms with E-state index in [1.165, 1.54) is 24.3 Å². The van der Waals surface area contributed by atoms with E-state index in [1.807, 2.05) is 0 Å². The van der Waals surface area contributed by atoms with Crippen molar-refractivity contribution in [1.82, 2.24) is 4.90 Å². The molecule has 0 radical (unpaired) electrons. The third-order valence-corrected chi connectivity index (χ3v) is 6.04. The Kier molecular flexibility index (Phi) is 6.48. The summed E-state index contributed by atoms with van der Waals surface area (Å²) in [6.07, 6.45) is 4.04. The molecule has 1 N–H and O–H groups in total. The van der Waals surface area contributed by atoms with E-state index in [4.69, 9.17) is 0 Å². The molecular weight excluding hydrogens is 394 g/mol. The van der Waals surface area contributed by atoms with Crippen molar-refractivity contribution in [2.45, 2.75) is 31.4 Å². The Bertz CT molecular complexity index is 999. The summed E-state index contributed by atoms with van der Waals surface area (Å²) in [6.45, 7) is 1.32. The van der Waals surface area contributed by atoms with Crippen molar-refractivity contribution in [2.24, 2.45) is 0 Å². The number of nitro groups is 1. The second-order valence-electron chi connectivity index (χ2n) is 7.04. The first-order chi connectivity index (χ1) is 13.9. The molecule has 2 aromatic rings. The number of amides is 1. The van der Waals surface area contributed by atoms with Crippen LogP contribution in [-0.4, -0.2) is 37.2 Å². The number of carbonyl (C=O) groups excluding carboxylic acids is 1. The summed E-state index contributed by atoms with van der Waals surface area (Å²) in [6, 6.07) is 12.0. The molecule has 0 aliphatic carbocycles. The summed E-state index contributed by atoms with van der Waals surface area (Å²) in [7, 11) is -3.87. The van der Waals surface area contributed by atoms with Gasteiger partial charge in [-0.05, 0) is 30.5 Å². The van der Waals surface area contributed by atoms with Crippen LogP contribution in [0.1, 0.15) is 41.6 Å². The van der Waals surface area contributed by atoms with Crippen molar-refractivity contribution in [3.63, 3.8) is 0 Å². The van der Waals surface area contributed by atoms with Gasteiger partial charge in [0.1, 0.15) is 0 Å². The van der Waals surface area contributed by atoms with Crippen LogP contribution in [0.15, 0.2) is 48.5 Å². The molecule has 154 valence electrons. The van der Waals surface area contributed by atoms with Crippen LogP contribution in [0.2, 0.25) is 0 Å². The number of hydrogen-bond acceptors (Lipinski definition) is 5. The highest BCUT2D eigenvalue weighted by molar-refractivity contribution is 7.91. The fourth-order valence-electron chi connectivity index (χ4n) is 3.39. The normalized spacial score (nSPS) is 14.8. The van der Waals surface area contributed by atoms with E-state index in [9.17, 15) is 23.3 Å². The quantitative estimate of drug-likeness (QED) is 0.571. The fraction of sp³-hybridized carbons (Fsp3) is 0.350. The zero-order valence-corrected chi connectivity index (χ0v) is 16.7. The summed E-state index contributed by atoms with van der Waals surface area (Å²) in [5, 5.41) is 10.9. The van der Waals surface area contributed by atoms with Crippen LogP contribution in [0, 0.1) is 10.1 Å². The fourth-order valence-corrected chi connectivity index (χ4v) is 4.59. The minimum atomic E-state index is -3.87. The van der Waals surface area contributed by atoms with Gasteiger partial charge in [-0.1, -0.05) is 37.1 Å². The minimum absolute atomic E-state index is 0.172. The van der Waals surface area contributed by atoms with E-state index in [2.05, 4.69) is 4.72 Å². The molecule has 1 amide bonds. The number of sulfonamides is 1. The van der Waals surface area contributed by atoms with Gasteiger partial charge in [-0.3, -0.25) is 19.6 Å². The molecule has 0 unspecified atom stereocenters. The maximum Gasteiger partial charge on any atom is 0.269 e. The van der Waals surface area contributed by atoms with Crippen LogP contribution < -0.4 is 4.72 Å². The van der Waals surface area contributed by atoms with E-state index >= 15 is 0 Å². The molecular formula is C20H23N3O5S. The Morgan fingerprint density at radius 1 is 1.03 bits per heavy atom. The lowest BCUT2D eigenvalue weighted by Crippen LogP contribution is -2.32. The van der Waals surface area contributed by atoms with Gasteiger partial charge >= 0.3 is 0 Å². The lowest BCUT2D eigenvalue weighted by atomic mass is 10.1. The number of benzene rings is 2. The van der Waals surface area contributed by atoms with Crippen molar-refractivity contribution < 1.29 is 18.1 Å². The molecule has 1 heterocycles. The SMILES string of the molecule is O=C(c1ccccc1NS(=O)(=O)Cc1cccc([N+](=O)[O-])c1)N1CCCCCC1. The van der Waals surface area contributed by atoms with Gasteiger partial charge in [0, 0.05) is 25.2 Å². The van der Waals surface area contributed by atoms with Gasteiger partial charge in [-0.25, -0.2) is 8.42 Å². The van der Waals surface area contributed by atoms with Gasteiger partial charge in [0.25, 0.3) is 11.6 Å². The van der Waals surface area contributed by atoms with Crippen molar-refractivity contribution >= 4 is 27.3 Å². The molecule has 29 heavy (non-hydrogen) atoms. The molecule has 0 atom stereocenters. The Morgan fingerprint density at radius 3 is 2.41 bits per heavy atom. The lowest BCUT2D eigenvalue weighted by molar-refractivity contribution is -0.384. The van der Waals surface area contributed by atoms with E-state index < -0.39 is 20.7 Å². The number of anilines is 1. The van der Waals surface area contributed by atoms with Gasteiger partial charge in [0.2, 0.25) is 10.0 Å². The number of nitro benzene ring substituents is 1. The van der Waals surface area contributed by atoms with Gasteiger partial charge in [0.05, 0.1) is 21.9 Å². The van der Waals surface area contributed by atoms with E-state index in [0.717, 1.165) is 25.7 Å². The Labute approximate surface area is 169 Å². The number of rotatable bonds is 6. The van der Waals surface area contributed by atoms with Crippen LogP contribution in [0.4, 0.5) is 11.4 Å². The number of carbonyl (C=O) groups is 1. The monoisotopic (exact) mass is 417 g/mol. The number of hydrogen-bond donors (Lipinski definition) is 1. The van der Waals surface area contributed by atoms with Crippen LogP contribution in [0.3, 0.4) is 0 Å². The maximum atomic E-state index is 13.0. The number of likely N-dealkylation sites (tertiary alicyclic amines) is 1. The molecule has 0 aromatic heterocycles. The first-order valence-electron chi connectivity index (χ1n) is 9.48. The molecule has 2 aromatic carbocycles. The zero-order chi connectivity index (χ0) is 20.9. The second-order valence-corrected chi connectivity index (χ2v) is 8.76. The first kappa shape index (κ1) is 20.8. The standard InChI is InChI=1S/C20H23N3O5S/c24-20(22-12-5-1-2-6-13-22)18-10-3-4-11-19(18)21-29(27,28)15-16-8-7-9-17(14-16)23(25)26/h3-4,7-11,14,21H,1-2,5-6,12-13,15H2. The summed E-state index contributed by atoms with van der Waals surface area (Å²) in [5.74, 6) is -0.624. The largest absolute Gasteiger partial charge is 0.339 e. The predicted molar refractivity (Wildman–Crippen MR) is 110 cm³/mol. The highest BCUT2D eigenvalue weighted by Gasteiger charge is 2.22. The highest BCUT2D eigenvalue weighted by atomic mass is 32.2. The molecule has 8 nitrogen and oxygen atoms in total. The molecule has 0 bridgehead atoms. The molecule has 0 spiro atoms. The molecule has 1 fully saturated rings.